The highest BCUT2D eigenvalue weighted by Gasteiger charge is 2.18. The molecule has 0 fully saturated rings. The minimum atomic E-state index is -3.09. The molecule has 0 atom stereocenters. The standard InChI is InChI=1S/C9H7N3O2S/c13-15(14)2-1-12-8(5-15)3-7-4-10-6-11-9(7)12/h1-4,6H,5H2. The van der Waals surface area contributed by atoms with Crippen LogP contribution in [0.25, 0.3) is 17.2 Å². The van der Waals surface area contributed by atoms with Crippen LogP contribution in [0.3, 0.4) is 0 Å². The third-order valence-corrected chi connectivity index (χ3v) is 3.58. The maximum atomic E-state index is 11.4. The zero-order valence-electron chi connectivity index (χ0n) is 7.66. The van der Waals surface area contributed by atoms with Gasteiger partial charge in [-0.2, -0.15) is 0 Å². The molecule has 3 rings (SSSR count). The molecule has 0 aromatic carbocycles. The first-order chi connectivity index (χ1) is 7.16. The summed E-state index contributed by atoms with van der Waals surface area (Å²) in [4.78, 5) is 8.00. The average Bonchev–Trinajstić information content (AvgIpc) is 2.52. The molecule has 0 radical (unpaired) electrons. The van der Waals surface area contributed by atoms with E-state index in [9.17, 15) is 8.42 Å². The van der Waals surface area contributed by atoms with Crippen molar-refractivity contribution in [1.29, 1.82) is 0 Å². The Bertz CT molecular complexity index is 670. The number of aromatic nitrogens is 3. The Kier molecular flexibility index (Phi) is 1.53. The first-order valence-corrected chi connectivity index (χ1v) is 6.08. The van der Waals surface area contributed by atoms with Crippen molar-refractivity contribution in [3.05, 3.63) is 29.7 Å². The first-order valence-electron chi connectivity index (χ1n) is 4.36. The Balaban J connectivity index is 2.37. The van der Waals surface area contributed by atoms with Crippen LogP contribution in [-0.4, -0.2) is 23.0 Å². The predicted octanol–water partition coefficient (Wildman–Crippen LogP) is 0.788. The second kappa shape index (κ2) is 2.66. The van der Waals surface area contributed by atoms with Crippen LogP contribution in [0.2, 0.25) is 0 Å². The van der Waals surface area contributed by atoms with E-state index >= 15 is 0 Å². The number of fused-ring (bicyclic) bond motifs is 3. The predicted molar refractivity (Wildman–Crippen MR) is 55.5 cm³/mol. The molecular weight excluding hydrogens is 214 g/mol. The van der Waals surface area contributed by atoms with E-state index in [1.807, 2.05) is 0 Å². The second-order valence-electron chi connectivity index (χ2n) is 3.40. The minimum absolute atomic E-state index is 0.0276. The molecule has 0 N–H and O–H groups in total. The SMILES string of the molecule is O=S1(=O)C=Cn2c(cc3cncnc32)C1. The van der Waals surface area contributed by atoms with Gasteiger partial charge in [0.05, 0.1) is 5.75 Å². The van der Waals surface area contributed by atoms with E-state index in [4.69, 9.17) is 0 Å². The lowest BCUT2D eigenvalue weighted by Crippen LogP contribution is -2.09. The van der Waals surface area contributed by atoms with E-state index in [1.165, 1.54) is 17.9 Å². The van der Waals surface area contributed by atoms with E-state index < -0.39 is 9.84 Å². The summed E-state index contributed by atoms with van der Waals surface area (Å²) in [5.74, 6) is 0.0276. The zero-order valence-corrected chi connectivity index (χ0v) is 8.48. The lowest BCUT2D eigenvalue weighted by molar-refractivity contribution is 0.602. The van der Waals surface area contributed by atoms with Crippen LogP contribution in [0.4, 0.5) is 0 Å². The molecule has 1 aliphatic heterocycles. The van der Waals surface area contributed by atoms with Crippen LogP contribution in [0.5, 0.6) is 0 Å². The summed E-state index contributed by atoms with van der Waals surface area (Å²) in [6, 6.07) is 1.80. The van der Waals surface area contributed by atoms with Gasteiger partial charge in [0.25, 0.3) is 0 Å². The smallest absolute Gasteiger partial charge is 0.178 e. The Labute approximate surface area is 86.0 Å². The van der Waals surface area contributed by atoms with E-state index in [0.717, 1.165) is 16.7 Å². The molecule has 2 aromatic heterocycles. The number of hydrogen-bond acceptors (Lipinski definition) is 4. The molecule has 0 amide bonds. The van der Waals surface area contributed by atoms with Crippen LogP contribution >= 0.6 is 0 Å². The minimum Gasteiger partial charge on any atom is -0.303 e. The topological polar surface area (TPSA) is 64.8 Å². The molecular formula is C9H7N3O2S. The highest BCUT2D eigenvalue weighted by molar-refractivity contribution is 7.93. The van der Waals surface area contributed by atoms with Gasteiger partial charge in [0.2, 0.25) is 0 Å². The quantitative estimate of drug-likeness (QED) is 0.659. The number of sulfone groups is 1. The molecule has 76 valence electrons. The van der Waals surface area contributed by atoms with Gasteiger partial charge in [0, 0.05) is 28.9 Å². The first kappa shape index (κ1) is 8.60. The van der Waals surface area contributed by atoms with Gasteiger partial charge in [-0.15, -0.1) is 0 Å². The van der Waals surface area contributed by atoms with E-state index in [0.29, 0.717) is 0 Å². The van der Waals surface area contributed by atoms with Gasteiger partial charge in [0.1, 0.15) is 12.0 Å². The molecule has 1 aliphatic rings. The van der Waals surface area contributed by atoms with Gasteiger partial charge in [-0.1, -0.05) is 0 Å². The van der Waals surface area contributed by atoms with Crippen molar-refractivity contribution in [2.45, 2.75) is 5.75 Å². The summed E-state index contributed by atoms with van der Waals surface area (Å²) in [6.45, 7) is 0. The van der Waals surface area contributed by atoms with Gasteiger partial charge in [-0.3, -0.25) is 0 Å². The lowest BCUT2D eigenvalue weighted by Gasteiger charge is -2.08. The normalized spacial score (nSPS) is 17.9. The van der Waals surface area contributed by atoms with Crippen molar-refractivity contribution in [3.8, 4) is 0 Å². The second-order valence-corrected chi connectivity index (χ2v) is 5.29. The summed E-state index contributed by atoms with van der Waals surface area (Å²) in [7, 11) is -3.09. The molecule has 0 spiro atoms. The van der Waals surface area contributed by atoms with E-state index in [2.05, 4.69) is 9.97 Å². The monoisotopic (exact) mass is 221 g/mol. The van der Waals surface area contributed by atoms with Gasteiger partial charge >= 0.3 is 0 Å². The van der Waals surface area contributed by atoms with Crippen molar-refractivity contribution in [3.63, 3.8) is 0 Å². The van der Waals surface area contributed by atoms with Crippen LogP contribution in [0, 0.1) is 0 Å². The highest BCUT2D eigenvalue weighted by Crippen LogP contribution is 2.23. The number of hydrogen-bond donors (Lipinski definition) is 0. The molecule has 0 saturated carbocycles. The summed E-state index contributed by atoms with van der Waals surface area (Å²) < 4.78 is 24.5. The largest absolute Gasteiger partial charge is 0.303 e. The fourth-order valence-electron chi connectivity index (χ4n) is 1.71. The molecule has 0 bridgehead atoms. The summed E-state index contributed by atoms with van der Waals surface area (Å²) >= 11 is 0. The Morgan fingerprint density at radius 1 is 1.40 bits per heavy atom. The fourth-order valence-corrected chi connectivity index (χ4v) is 2.75. The van der Waals surface area contributed by atoms with Crippen LogP contribution < -0.4 is 0 Å². The van der Waals surface area contributed by atoms with Crippen molar-refractivity contribution < 1.29 is 8.42 Å². The van der Waals surface area contributed by atoms with Crippen molar-refractivity contribution >= 4 is 27.1 Å². The Morgan fingerprint density at radius 3 is 3.13 bits per heavy atom. The fraction of sp³-hybridized carbons (Fsp3) is 0.111. The molecule has 6 heteroatoms. The molecule has 2 aromatic rings. The van der Waals surface area contributed by atoms with Crippen LogP contribution in [0.1, 0.15) is 5.69 Å². The maximum absolute atomic E-state index is 11.4. The molecule has 15 heavy (non-hydrogen) atoms. The molecule has 3 heterocycles. The summed E-state index contributed by atoms with van der Waals surface area (Å²) in [6.07, 6.45) is 4.66. The van der Waals surface area contributed by atoms with Crippen molar-refractivity contribution in [1.82, 2.24) is 14.5 Å². The van der Waals surface area contributed by atoms with Gasteiger partial charge in [0.15, 0.2) is 9.84 Å². The van der Waals surface area contributed by atoms with Crippen molar-refractivity contribution in [2.75, 3.05) is 0 Å². The average molecular weight is 221 g/mol. The lowest BCUT2D eigenvalue weighted by atomic mass is 10.4. The molecule has 0 unspecified atom stereocenters. The van der Waals surface area contributed by atoms with Gasteiger partial charge < -0.3 is 4.57 Å². The van der Waals surface area contributed by atoms with Gasteiger partial charge in [-0.25, -0.2) is 18.4 Å². The highest BCUT2D eigenvalue weighted by atomic mass is 32.2. The van der Waals surface area contributed by atoms with Crippen LogP contribution in [-0.2, 0) is 15.6 Å². The van der Waals surface area contributed by atoms with Crippen molar-refractivity contribution in [2.24, 2.45) is 0 Å². The molecule has 0 saturated heterocycles. The molecule has 0 aliphatic carbocycles. The Hall–Kier alpha value is -1.69. The molecule has 5 nitrogen and oxygen atoms in total. The van der Waals surface area contributed by atoms with Gasteiger partial charge in [-0.05, 0) is 6.07 Å². The van der Waals surface area contributed by atoms with E-state index in [-0.39, 0.29) is 5.75 Å². The van der Waals surface area contributed by atoms with Crippen LogP contribution in [0.15, 0.2) is 24.0 Å². The third-order valence-electron chi connectivity index (χ3n) is 2.34. The number of nitrogens with zero attached hydrogens (tertiary/aromatic N) is 3. The van der Waals surface area contributed by atoms with E-state index in [1.54, 1.807) is 16.8 Å². The summed E-state index contributed by atoms with van der Waals surface area (Å²) in [5.41, 5.74) is 1.47. The Morgan fingerprint density at radius 2 is 2.27 bits per heavy atom. The summed E-state index contributed by atoms with van der Waals surface area (Å²) in [5, 5.41) is 2.07. The zero-order chi connectivity index (χ0) is 10.5. The third kappa shape index (κ3) is 1.25. The maximum Gasteiger partial charge on any atom is 0.178 e. The number of rotatable bonds is 0.